The Morgan fingerprint density at radius 3 is 2.90 bits per heavy atom. The van der Waals surface area contributed by atoms with Gasteiger partial charge < -0.3 is 4.57 Å². The first-order valence-electron chi connectivity index (χ1n) is 6.59. The molecule has 0 amide bonds. The Morgan fingerprint density at radius 1 is 1.29 bits per heavy atom. The van der Waals surface area contributed by atoms with Crippen molar-refractivity contribution in [2.24, 2.45) is 0 Å². The molecule has 21 heavy (non-hydrogen) atoms. The van der Waals surface area contributed by atoms with Crippen molar-refractivity contribution in [3.63, 3.8) is 0 Å². The Labute approximate surface area is 124 Å². The van der Waals surface area contributed by atoms with Crippen LogP contribution >= 0.6 is 11.6 Å². The van der Waals surface area contributed by atoms with E-state index in [1.165, 1.54) is 0 Å². The van der Waals surface area contributed by atoms with Gasteiger partial charge in [-0.3, -0.25) is 4.79 Å². The fraction of sp³-hybridized carbons (Fsp3) is 0.214. The first-order valence-corrected chi connectivity index (χ1v) is 6.97. The van der Waals surface area contributed by atoms with Crippen molar-refractivity contribution in [2.75, 3.05) is 0 Å². The number of rotatable bonds is 3. The van der Waals surface area contributed by atoms with Gasteiger partial charge in [0.1, 0.15) is 22.2 Å². The predicted octanol–water partition coefficient (Wildman–Crippen LogP) is 2.69. The summed E-state index contributed by atoms with van der Waals surface area (Å²) in [6, 6.07) is 5.63. The average Bonchev–Trinajstić information content (AvgIpc) is 3.28. The van der Waals surface area contributed by atoms with E-state index in [1.807, 2.05) is 6.07 Å². The summed E-state index contributed by atoms with van der Waals surface area (Å²) in [7, 11) is 0. The van der Waals surface area contributed by atoms with Crippen LogP contribution in [0.2, 0.25) is 5.15 Å². The molecule has 4 rings (SSSR count). The molecule has 6 nitrogen and oxygen atoms in total. The number of hydrogen-bond donors (Lipinski definition) is 0. The molecular weight excluding hydrogens is 290 g/mol. The zero-order chi connectivity index (χ0) is 14.4. The molecule has 0 radical (unpaired) electrons. The minimum Gasteiger partial charge on any atom is -0.305 e. The molecule has 0 saturated heterocycles. The summed E-state index contributed by atoms with van der Waals surface area (Å²) in [5, 5.41) is 8.05. The van der Waals surface area contributed by atoms with Crippen LogP contribution in [0.3, 0.4) is 0 Å². The topological polar surface area (TPSA) is 73.6 Å². The summed E-state index contributed by atoms with van der Waals surface area (Å²) < 4.78 is 2.08. The van der Waals surface area contributed by atoms with Gasteiger partial charge >= 0.3 is 0 Å². The highest BCUT2D eigenvalue weighted by Gasteiger charge is 2.29. The minimum absolute atomic E-state index is 0.285. The van der Waals surface area contributed by atoms with E-state index in [0.29, 0.717) is 17.5 Å². The van der Waals surface area contributed by atoms with Gasteiger partial charge in [0.15, 0.2) is 11.9 Å². The quantitative estimate of drug-likeness (QED) is 0.549. The van der Waals surface area contributed by atoms with Crippen LogP contribution in [0.1, 0.15) is 29.4 Å². The smallest absolute Gasteiger partial charge is 0.170 e. The first kappa shape index (κ1) is 12.4. The van der Waals surface area contributed by atoms with Gasteiger partial charge in [-0.2, -0.15) is 5.10 Å². The van der Waals surface area contributed by atoms with E-state index in [2.05, 4.69) is 24.7 Å². The Bertz CT molecular complexity index is 856. The maximum Gasteiger partial charge on any atom is 0.170 e. The molecule has 1 aliphatic rings. The van der Waals surface area contributed by atoms with Crippen LogP contribution in [0.4, 0.5) is 0 Å². The number of nitrogens with zero attached hydrogens (tertiary/aromatic N) is 5. The van der Waals surface area contributed by atoms with E-state index in [1.54, 1.807) is 18.3 Å². The second-order valence-electron chi connectivity index (χ2n) is 5.00. The summed E-state index contributed by atoms with van der Waals surface area (Å²) in [6.45, 7) is 0. The number of carbonyl (C=O) groups is 1. The van der Waals surface area contributed by atoms with Gasteiger partial charge in [-0.25, -0.2) is 9.97 Å². The van der Waals surface area contributed by atoms with Gasteiger partial charge in [0, 0.05) is 11.6 Å². The third kappa shape index (κ3) is 2.08. The summed E-state index contributed by atoms with van der Waals surface area (Å²) in [5.74, 6) is 0.750. The fourth-order valence-corrected chi connectivity index (χ4v) is 2.54. The predicted molar refractivity (Wildman–Crippen MR) is 77.2 cm³/mol. The van der Waals surface area contributed by atoms with E-state index in [-0.39, 0.29) is 5.69 Å². The number of carbonyl (C=O) groups excluding carboxylic acids is 1. The normalized spacial score (nSPS) is 14.5. The molecule has 3 aromatic heterocycles. The maximum absolute atomic E-state index is 10.9. The zero-order valence-corrected chi connectivity index (χ0v) is 11.7. The number of aldehydes is 1. The highest BCUT2D eigenvalue weighted by molar-refractivity contribution is 6.29. The summed E-state index contributed by atoms with van der Waals surface area (Å²) >= 11 is 6.00. The van der Waals surface area contributed by atoms with Crippen LogP contribution in [-0.4, -0.2) is 31.0 Å². The van der Waals surface area contributed by atoms with Crippen molar-refractivity contribution in [3.8, 4) is 11.4 Å². The van der Waals surface area contributed by atoms with Crippen LogP contribution in [0.5, 0.6) is 0 Å². The fourth-order valence-electron chi connectivity index (χ4n) is 2.40. The zero-order valence-electron chi connectivity index (χ0n) is 10.9. The highest BCUT2D eigenvalue weighted by atomic mass is 35.5. The Kier molecular flexibility index (Phi) is 2.71. The molecule has 7 heteroatoms. The number of fused-ring (bicyclic) bond motifs is 1. The largest absolute Gasteiger partial charge is 0.305 e. The van der Waals surface area contributed by atoms with Crippen LogP contribution in [-0.2, 0) is 0 Å². The van der Waals surface area contributed by atoms with Gasteiger partial charge in [0.05, 0.1) is 6.20 Å². The lowest BCUT2D eigenvalue weighted by Gasteiger charge is -2.06. The van der Waals surface area contributed by atoms with Crippen LogP contribution in [0.25, 0.3) is 22.6 Å². The van der Waals surface area contributed by atoms with E-state index >= 15 is 0 Å². The highest BCUT2D eigenvalue weighted by Crippen LogP contribution is 2.40. The second-order valence-corrected chi connectivity index (χ2v) is 5.39. The lowest BCUT2D eigenvalue weighted by atomic mass is 10.2. The summed E-state index contributed by atoms with van der Waals surface area (Å²) in [4.78, 5) is 19.9. The van der Waals surface area contributed by atoms with Crippen molar-refractivity contribution >= 4 is 29.1 Å². The number of halogens is 1. The van der Waals surface area contributed by atoms with Crippen molar-refractivity contribution in [1.82, 2.24) is 24.7 Å². The SMILES string of the molecule is O=Cc1cc(-c2nc3ccc(Cl)nc3n2C2CC2)cnn1. The minimum atomic E-state index is 0.285. The molecule has 0 spiro atoms. The average molecular weight is 300 g/mol. The van der Waals surface area contributed by atoms with Gasteiger partial charge in [-0.05, 0) is 31.0 Å². The number of imidazole rings is 1. The van der Waals surface area contributed by atoms with Crippen molar-refractivity contribution in [2.45, 2.75) is 18.9 Å². The molecule has 3 heterocycles. The van der Waals surface area contributed by atoms with Gasteiger partial charge in [0.2, 0.25) is 0 Å². The molecule has 0 bridgehead atoms. The van der Waals surface area contributed by atoms with Gasteiger partial charge in [-0.1, -0.05) is 11.6 Å². The number of aromatic nitrogens is 5. The Balaban J connectivity index is 1.99. The van der Waals surface area contributed by atoms with E-state index in [0.717, 1.165) is 35.4 Å². The van der Waals surface area contributed by atoms with E-state index in [4.69, 9.17) is 11.6 Å². The molecule has 0 unspecified atom stereocenters. The molecule has 1 fully saturated rings. The molecular formula is C14H10ClN5O. The number of pyridine rings is 1. The molecule has 3 aromatic rings. The molecule has 104 valence electrons. The molecule has 0 aliphatic heterocycles. The second kappa shape index (κ2) is 4.60. The lowest BCUT2D eigenvalue weighted by Crippen LogP contribution is -2.00. The van der Waals surface area contributed by atoms with E-state index < -0.39 is 0 Å². The monoisotopic (exact) mass is 299 g/mol. The molecule has 0 N–H and O–H groups in total. The van der Waals surface area contributed by atoms with Crippen LogP contribution in [0, 0.1) is 0 Å². The standard InChI is InChI=1S/C14H10ClN5O/c15-12-4-3-11-14(18-12)20(10-1-2-10)13(17-11)8-5-9(7-21)19-16-6-8/h3-7,10H,1-2H2. The van der Waals surface area contributed by atoms with Crippen LogP contribution in [0.15, 0.2) is 24.4 Å². The summed E-state index contributed by atoms with van der Waals surface area (Å²) in [5.41, 5.74) is 2.59. The van der Waals surface area contributed by atoms with Crippen molar-refractivity contribution < 1.29 is 4.79 Å². The third-order valence-corrected chi connectivity index (χ3v) is 3.68. The van der Waals surface area contributed by atoms with Crippen molar-refractivity contribution in [1.29, 1.82) is 0 Å². The van der Waals surface area contributed by atoms with Gasteiger partial charge in [0.25, 0.3) is 0 Å². The lowest BCUT2D eigenvalue weighted by molar-refractivity contribution is 0.111. The van der Waals surface area contributed by atoms with E-state index in [9.17, 15) is 4.79 Å². The molecule has 1 saturated carbocycles. The molecule has 0 aromatic carbocycles. The Morgan fingerprint density at radius 2 is 2.14 bits per heavy atom. The summed E-state index contributed by atoms with van der Waals surface area (Å²) in [6.07, 6.45) is 4.46. The van der Waals surface area contributed by atoms with Crippen LogP contribution < -0.4 is 0 Å². The van der Waals surface area contributed by atoms with Gasteiger partial charge in [-0.15, -0.1) is 5.10 Å². The number of hydrogen-bond acceptors (Lipinski definition) is 5. The maximum atomic E-state index is 10.9. The first-order chi connectivity index (χ1) is 10.3. The molecule has 0 atom stereocenters. The third-order valence-electron chi connectivity index (χ3n) is 3.47. The molecule has 1 aliphatic carbocycles. The Hall–Kier alpha value is -2.34. The van der Waals surface area contributed by atoms with Crippen molar-refractivity contribution in [3.05, 3.63) is 35.2 Å².